The highest BCUT2D eigenvalue weighted by Crippen LogP contribution is 2.21. The lowest BCUT2D eigenvalue weighted by molar-refractivity contribution is -0.122. The van der Waals surface area contributed by atoms with E-state index in [-0.39, 0.29) is 24.4 Å². The molecule has 0 spiro atoms. The van der Waals surface area contributed by atoms with E-state index in [2.05, 4.69) is 30.9 Å². The van der Waals surface area contributed by atoms with Gasteiger partial charge in [-0.1, -0.05) is 5.16 Å². The Kier molecular flexibility index (Phi) is 5.71. The summed E-state index contributed by atoms with van der Waals surface area (Å²) in [6.45, 7) is 5.27. The lowest BCUT2D eigenvalue weighted by atomic mass is 10.2. The molecule has 1 atom stereocenters. The number of fused-ring (bicyclic) bond motifs is 1. The summed E-state index contributed by atoms with van der Waals surface area (Å²) in [5, 5.41) is 14.5. The fourth-order valence-corrected chi connectivity index (χ4v) is 3.22. The van der Waals surface area contributed by atoms with Crippen molar-refractivity contribution in [1.29, 1.82) is 0 Å². The molecule has 1 amide bonds. The molecule has 1 aliphatic rings. The van der Waals surface area contributed by atoms with Crippen molar-refractivity contribution < 1.29 is 9.32 Å². The van der Waals surface area contributed by atoms with E-state index in [0.717, 1.165) is 36.3 Å². The molecule has 27 heavy (non-hydrogen) atoms. The Morgan fingerprint density at radius 3 is 3.04 bits per heavy atom. The van der Waals surface area contributed by atoms with Crippen molar-refractivity contribution in [2.24, 2.45) is 0 Å². The van der Waals surface area contributed by atoms with E-state index in [1.165, 1.54) is 0 Å². The van der Waals surface area contributed by atoms with Crippen molar-refractivity contribution in [3.63, 3.8) is 0 Å². The summed E-state index contributed by atoms with van der Waals surface area (Å²) in [7, 11) is 0. The number of hydrogen-bond donors (Lipinski definition) is 2. The minimum absolute atomic E-state index is 0. The van der Waals surface area contributed by atoms with Gasteiger partial charge in [0.1, 0.15) is 0 Å². The van der Waals surface area contributed by atoms with Gasteiger partial charge in [-0.3, -0.25) is 4.79 Å². The zero-order valence-corrected chi connectivity index (χ0v) is 16.0. The van der Waals surface area contributed by atoms with Crippen LogP contribution in [0.15, 0.2) is 16.8 Å². The van der Waals surface area contributed by atoms with E-state index in [9.17, 15) is 4.79 Å². The first-order chi connectivity index (χ1) is 12.6. The molecule has 0 bridgehead atoms. The van der Waals surface area contributed by atoms with Crippen LogP contribution in [0.4, 0.5) is 0 Å². The molecule has 2 N–H and O–H groups in total. The minimum atomic E-state index is -0.0791. The van der Waals surface area contributed by atoms with E-state index >= 15 is 0 Å². The van der Waals surface area contributed by atoms with Crippen LogP contribution in [-0.2, 0) is 11.2 Å². The number of hydrogen-bond acceptors (Lipinski definition) is 7. The number of rotatable bonds is 5. The Bertz CT molecular complexity index is 946. The molecule has 4 rings (SSSR count). The van der Waals surface area contributed by atoms with E-state index in [1.54, 1.807) is 10.7 Å². The number of carbonyl (C=O) groups excluding carboxylic acids is 1. The second kappa shape index (κ2) is 8.01. The first kappa shape index (κ1) is 19.2. The van der Waals surface area contributed by atoms with Crippen LogP contribution in [0.3, 0.4) is 0 Å². The third-order valence-electron chi connectivity index (χ3n) is 4.50. The number of carbonyl (C=O) groups is 1. The topological polar surface area (TPSA) is 110 Å². The van der Waals surface area contributed by atoms with Crippen LogP contribution in [0.2, 0.25) is 0 Å². The standard InChI is InChI=1S/C17H21N7O2.ClH/c1-10-8-11(2)24-16(21-10)12(9-20-24)15-22-14(26-23-15)5-7-19-17(25)13-4-3-6-18-13;/h8-9,13,18H,3-7H2,1-2H3,(H,19,25);1H. The van der Waals surface area contributed by atoms with Crippen molar-refractivity contribution in [2.45, 2.75) is 39.2 Å². The maximum atomic E-state index is 12.0. The predicted molar refractivity (Wildman–Crippen MR) is 101 cm³/mol. The highest BCUT2D eigenvalue weighted by atomic mass is 35.5. The lowest BCUT2D eigenvalue weighted by Crippen LogP contribution is -2.41. The van der Waals surface area contributed by atoms with Crippen molar-refractivity contribution in [1.82, 2.24) is 35.4 Å². The number of nitrogens with zero attached hydrogens (tertiary/aromatic N) is 5. The minimum Gasteiger partial charge on any atom is -0.354 e. The summed E-state index contributed by atoms with van der Waals surface area (Å²) >= 11 is 0. The van der Waals surface area contributed by atoms with Crippen molar-refractivity contribution in [3.05, 3.63) is 29.5 Å². The highest BCUT2D eigenvalue weighted by molar-refractivity contribution is 5.85. The first-order valence-corrected chi connectivity index (χ1v) is 8.78. The Morgan fingerprint density at radius 2 is 2.26 bits per heavy atom. The Hall–Kier alpha value is -2.52. The number of amides is 1. The summed E-state index contributed by atoms with van der Waals surface area (Å²) in [5.41, 5.74) is 3.33. The van der Waals surface area contributed by atoms with Crippen LogP contribution in [0.25, 0.3) is 17.0 Å². The quantitative estimate of drug-likeness (QED) is 0.672. The van der Waals surface area contributed by atoms with Gasteiger partial charge in [0, 0.05) is 24.4 Å². The molecule has 1 saturated heterocycles. The van der Waals surface area contributed by atoms with Gasteiger partial charge in [0.15, 0.2) is 5.65 Å². The lowest BCUT2D eigenvalue weighted by Gasteiger charge is -2.09. The Balaban J connectivity index is 0.00000210. The molecule has 1 fully saturated rings. The van der Waals surface area contributed by atoms with Gasteiger partial charge < -0.3 is 15.2 Å². The van der Waals surface area contributed by atoms with E-state index < -0.39 is 0 Å². The maximum absolute atomic E-state index is 12.0. The molecule has 0 saturated carbocycles. The predicted octanol–water partition coefficient (Wildman–Crippen LogP) is 1.23. The molecular weight excluding hydrogens is 370 g/mol. The zero-order valence-electron chi connectivity index (χ0n) is 15.2. The van der Waals surface area contributed by atoms with Crippen molar-refractivity contribution in [2.75, 3.05) is 13.1 Å². The van der Waals surface area contributed by atoms with Crippen LogP contribution in [0.1, 0.15) is 30.1 Å². The maximum Gasteiger partial charge on any atom is 0.237 e. The number of nitrogens with one attached hydrogen (secondary N) is 2. The Morgan fingerprint density at radius 1 is 1.41 bits per heavy atom. The monoisotopic (exact) mass is 391 g/mol. The van der Waals surface area contributed by atoms with Gasteiger partial charge in [-0.15, -0.1) is 12.4 Å². The van der Waals surface area contributed by atoms with Crippen LogP contribution >= 0.6 is 12.4 Å². The van der Waals surface area contributed by atoms with Crippen LogP contribution < -0.4 is 10.6 Å². The van der Waals surface area contributed by atoms with E-state index in [0.29, 0.717) is 30.3 Å². The molecule has 3 aromatic heterocycles. The van der Waals surface area contributed by atoms with Gasteiger partial charge in [-0.05, 0) is 39.3 Å². The normalized spacial score (nSPS) is 16.4. The summed E-state index contributed by atoms with van der Waals surface area (Å²) in [6, 6.07) is 1.89. The molecule has 0 radical (unpaired) electrons. The van der Waals surface area contributed by atoms with Crippen LogP contribution in [0, 0.1) is 13.8 Å². The number of halogens is 1. The second-order valence-corrected chi connectivity index (χ2v) is 6.53. The third kappa shape index (κ3) is 3.93. The van der Waals surface area contributed by atoms with Gasteiger partial charge in [0.2, 0.25) is 17.6 Å². The van der Waals surface area contributed by atoms with Crippen molar-refractivity contribution >= 4 is 24.0 Å². The Labute approximate surface area is 162 Å². The van der Waals surface area contributed by atoms with E-state index in [4.69, 9.17) is 4.52 Å². The molecule has 0 aliphatic carbocycles. The fraction of sp³-hybridized carbons (Fsp3) is 0.471. The van der Waals surface area contributed by atoms with Gasteiger partial charge in [-0.2, -0.15) is 10.1 Å². The largest absolute Gasteiger partial charge is 0.354 e. The third-order valence-corrected chi connectivity index (χ3v) is 4.50. The first-order valence-electron chi connectivity index (χ1n) is 8.78. The second-order valence-electron chi connectivity index (χ2n) is 6.53. The molecule has 3 aromatic rings. The molecule has 0 aromatic carbocycles. The summed E-state index contributed by atoms with van der Waals surface area (Å²) in [5.74, 6) is 0.958. The highest BCUT2D eigenvalue weighted by Gasteiger charge is 2.21. The SMILES string of the molecule is Cc1cc(C)n2ncc(-c3noc(CCNC(=O)C4CCCN4)n3)c2n1.Cl. The fourth-order valence-electron chi connectivity index (χ4n) is 3.22. The molecule has 1 aliphatic heterocycles. The summed E-state index contributed by atoms with van der Waals surface area (Å²) in [4.78, 5) is 20.9. The van der Waals surface area contributed by atoms with Gasteiger partial charge in [0.25, 0.3) is 0 Å². The van der Waals surface area contributed by atoms with Gasteiger partial charge >= 0.3 is 0 Å². The molecule has 4 heterocycles. The average Bonchev–Trinajstić information content (AvgIpc) is 3.34. The molecule has 10 heteroatoms. The molecule has 144 valence electrons. The van der Waals surface area contributed by atoms with Gasteiger partial charge in [0.05, 0.1) is 17.8 Å². The summed E-state index contributed by atoms with van der Waals surface area (Å²) in [6.07, 6.45) is 4.10. The molecular formula is C17H22ClN7O2. The zero-order chi connectivity index (χ0) is 18.1. The van der Waals surface area contributed by atoms with Crippen LogP contribution in [-0.4, -0.2) is 49.8 Å². The van der Waals surface area contributed by atoms with Gasteiger partial charge in [-0.25, -0.2) is 9.50 Å². The number of aryl methyl sites for hydroxylation is 2. The molecule has 1 unspecified atom stereocenters. The summed E-state index contributed by atoms with van der Waals surface area (Å²) < 4.78 is 7.07. The average molecular weight is 392 g/mol. The molecule has 9 nitrogen and oxygen atoms in total. The van der Waals surface area contributed by atoms with Crippen molar-refractivity contribution in [3.8, 4) is 11.4 Å². The number of aromatic nitrogens is 5. The van der Waals surface area contributed by atoms with E-state index in [1.807, 2.05) is 19.9 Å². The van der Waals surface area contributed by atoms with Crippen LogP contribution in [0.5, 0.6) is 0 Å². The smallest absolute Gasteiger partial charge is 0.237 e.